The van der Waals surface area contributed by atoms with Gasteiger partial charge < -0.3 is 5.32 Å². The van der Waals surface area contributed by atoms with Gasteiger partial charge in [-0.15, -0.1) is 0 Å². The van der Waals surface area contributed by atoms with E-state index in [-0.39, 0.29) is 17.3 Å². The molecular formula is C28H24FN3O. The number of allylic oxidation sites excluding steroid dienone is 4. The fourth-order valence-electron chi connectivity index (χ4n) is 4.65. The maximum atomic E-state index is 13.9. The molecule has 0 amide bonds. The molecule has 4 nitrogen and oxygen atoms in total. The van der Waals surface area contributed by atoms with E-state index in [0.29, 0.717) is 17.7 Å². The van der Waals surface area contributed by atoms with Crippen LogP contribution in [-0.4, -0.2) is 17.8 Å². The SMILES string of the molecule is C=Cc1cc(C2=CC=C3N=Cc4ccc(=O)n(-c5ccc(F)c(C)c5)c4C3C2)ccc1NC. The van der Waals surface area contributed by atoms with Gasteiger partial charge in [0.15, 0.2) is 0 Å². The average Bonchev–Trinajstić information content (AvgIpc) is 2.84. The van der Waals surface area contributed by atoms with E-state index in [4.69, 9.17) is 0 Å². The standard InChI is InChI=1S/C28H24FN3O/c1-4-18-14-19(5-10-25(18)30-3)20-6-11-26-23(15-20)28-21(16-31-26)7-12-27(33)32(28)22-8-9-24(29)17(2)13-22/h4-14,16,23,30H,1,15H2,2-3H3. The second-order valence-electron chi connectivity index (χ2n) is 8.34. The van der Waals surface area contributed by atoms with E-state index in [2.05, 4.69) is 41.2 Å². The second-order valence-corrected chi connectivity index (χ2v) is 8.34. The molecule has 1 aliphatic carbocycles. The lowest BCUT2D eigenvalue weighted by Crippen LogP contribution is -2.27. The van der Waals surface area contributed by atoms with Gasteiger partial charge >= 0.3 is 0 Å². The van der Waals surface area contributed by atoms with Crippen LogP contribution in [0.5, 0.6) is 0 Å². The fourth-order valence-corrected chi connectivity index (χ4v) is 4.65. The van der Waals surface area contributed by atoms with Crippen LogP contribution in [0.1, 0.15) is 40.3 Å². The topological polar surface area (TPSA) is 46.4 Å². The predicted octanol–water partition coefficient (Wildman–Crippen LogP) is 5.86. The third-order valence-corrected chi connectivity index (χ3v) is 6.39. The monoisotopic (exact) mass is 437 g/mol. The quantitative estimate of drug-likeness (QED) is 0.556. The van der Waals surface area contributed by atoms with Gasteiger partial charge in [0.2, 0.25) is 0 Å². The van der Waals surface area contributed by atoms with Gasteiger partial charge in [0.1, 0.15) is 5.82 Å². The van der Waals surface area contributed by atoms with Crippen LogP contribution in [0.2, 0.25) is 0 Å². The Morgan fingerprint density at radius 3 is 2.76 bits per heavy atom. The number of rotatable bonds is 4. The number of hydrogen-bond donors (Lipinski definition) is 1. The van der Waals surface area contributed by atoms with Crippen LogP contribution in [0, 0.1) is 12.7 Å². The number of benzene rings is 2. The van der Waals surface area contributed by atoms with Gasteiger partial charge in [-0.1, -0.05) is 24.8 Å². The summed E-state index contributed by atoms with van der Waals surface area (Å²) in [5.41, 5.74) is 8.05. The van der Waals surface area contributed by atoms with Crippen molar-refractivity contribution in [3.05, 3.63) is 117 Å². The summed E-state index contributed by atoms with van der Waals surface area (Å²) in [6.07, 6.45) is 8.48. The molecule has 0 bridgehead atoms. The van der Waals surface area contributed by atoms with Crippen molar-refractivity contribution in [3.63, 3.8) is 0 Å². The van der Waals surface area contributed by atoms with Gasteiger partial charge in [0.25, 0.3) is 5.56 Å². The Balaban J connectivity index is 1.63. The number of hydrogen-bond acceptors (Lipinski definition) is 3. The number of pyridine rings is 1. The highest BCUT2D eigenvalue weighted by atomic mass is 19.1. The third-order valence-electron chi connectivity index (χ3n) is 6.39. The highest BCUT2D eigenvalue weighted by Crippen LogP contribution is 2.42. The summed E-state index contributed by atoms with van der Waals surface area (Å²) in [7, 11) is 1.89. The van der Waals surface area contributed by atoms with Crippen molar-refractivity contribution in [3.8, 4) is 5.69 Å². The largest absolute Gasteiger partial charge is 0.388 e. The number of aliphatic imine (C=N–C) groups is 1. The Hall–Kier alpha value is -3.99. The summed E-state index contributed by atoms with van der Waals surface area (Å²) in [6.45, 7) is 5.64. The zero-order valence-corrected chi connectivity index (χ0v) is 18.6. The van der Waals surface area contributed by atoms with Crippen LogP contribution < -0.4 is 10.9 Å². The Kier molecular flexibility index (Phi) is 5.17. The molecular weight excluding hydrogens is 413 g/mol. The molecule has 1 atom stereocenters. The fraction of sp³-hybridized carbons (Fsp3) is 0.143. The molecule has 164 valence electrons. The van der Waals surface area contributed by atoms with Crippen molar-refractivity contribution in [1.29, 1.82) is 0 Å². The first-order chi connectivity index (χ1) is 16.0. The first kappa shape index (κ1) is 20.9. The number of nitrogens with zero attached hydrogens (tertiary/aromatic N) is 2. The number of aromatic nitrogens is 1. The minimum atomic E-state index is -0.287. The summed E-state index contributed by atoms with van der Waals surface area (Å²) in [6, 6.07) is 14.4. The van der Waals surface area contributed by atoms with Gasteiger partial charge in [-0.2, -0.15) is 0 Å². The molecule has 1 aliphatic heterocycles. The third kappa shape index (κ3) is 3.55. The highest BCUT2D eigenvalue weighted by Gasteiger charge is 2.30. The molecule has 2 aliphatic rings. The van der Waals surface area contributed by atoms with Crippen molar-refractivity contribution in [2.45, 2.75) is 19.3 Å². The van der Waals surface area contributed by atoms with Crippen LogP contribution in [0.4, 0.5) is 10.1 Å². The zero-order chi connectivity index (χ0) is 23.1. The summed E-state index contributed by atoms with van der Waals surface area (Å²) in [5, 5.41) is 3.19. The molecule has 1 unspecified atom stereocenters. The minimum Gasteiger partial charge on any atom is -0.388 e. The number of halogens is 1. The molecule has 0 spiro atoms. The van der Waals surface area contributed by atoms with Gasteiger partial charge in [0, 0.05) is 53.6 Å². The lowest BCUT2D eigenvalue weighted by Gasteiger charge is -2.30. The van der Waals surface area contributed by atoms with E-state index >= 15 is 0 Å². The molecule has 0 saturated heterocycles. The highest BCUT2D eigenvalue weighted by molar-refractivity contribution is 5.86. The van der Waals surface area contributed by atoms with E-state index in [1.165, 1.54) is 6.07 Å². The Morgan fingerprint density at radius 2 is 2.00 bits per heavy atom. The number of aryl methyl sites for hydroxylation is 1. The number of nitrogens with one attached hydrogen (secondary N) is 1. The van der Waals surface area contributed by atoms with Crippen molar-refractivity contribution in [1.82, 2.24) is 4.57 Å². The maximum absolute atomic E-state index is 13.9. The molecule has 1 N–H and O–H groups in total. The zero-order valence-electron chi connectivity index (χ0n) is 18.6. The minimum absolute atomic E-state index is 0.0829. The Bertz CT molecular complexity index is 1440. The van der Waals surface area contributed by atoms with Crippen molar-refractivity contribution >= 4 is 23.6 Å². The average molecular weight is 438 g/mol. The van der Waals surface area contributed by atoms with Crippen molar-refractivity contribution in [2.24, 2.45) is 4.99 Å². The van der Waals surface area contributed by atoms with Crippen molar-refractivity contribution < 1.29 is 4.39 Å². The number of anilines is 1. The molecule has 3 aromatic rings. The van der Waals surface area contributed by atoms with Gasteiger partial charge in [-0.25, -0.2) is 4.39 Å². The van der Waals surface area contributed by atoms with Crippen molar-refractivity contribution in [2.75, 3.05) is 12.4 Å². The molecule has 33 heavy (non-hydrogen) atoms. The van der Waals surface area contributed by atoms with Crippen LogP contribution >= 0.6 is 0 Å². The Labute approximate surface area is 192 Å². The van der Waals surface area contributed by atoms with Crippen LogP contribution in [0.15, 0.2) is 82.7 Å². The van der Waals surface area contributed by atoms with Gasteiger partial charge in [0.05, 0.1) is 0 Å². The van der Waals surface area contributed by atoms with E-state index in [9.17, 15) is 9.18 Å². The molecule has 0 saturated carbocycles. The molecule has 5 rings (SSSR count). The van der Waals surface area contributed by atoms with Crippen LogP contribution in [0.3, 0.4) is 0 Å². The molecule has 1 aromatic heterocycles. The lowest BCUT2D eigenvalue weighted by atomic mass is 9.82. The summed E-state index contributed by atoms with van der Waals surface area (Å²) < 4.78 is 15.6. The predicted molar refractivity (Wildman–Crippen MR) is 134 cm³/mol. The smallest absolute Gasteiger partial charge is 0.255 e. The molecule has 2 heterocycles. The first-order valence-electron chi connectivity index (χ1n) is 10.9. The Morgan fingerprint density at radius 1 is 1.15 bits per heavy atom. The normalized spacial score (nSPS) is 16.4. The van der Waals surface area contributed by atoms with Gasteiger partial charge in [-0.05, 0) is 78.1 Å². The van der Waals surface area contributed by atoms with E-state index in [0.717, 1.165) is 39.3 Å². The van der Waals surface area contributed by atoms with E-state index in [1.807, 2.05) is 25.3 Å². The lowest BCUT2D eigenvalue weighted by molar-refractivity contribution is 0.617. The maximum Gasteiger partial charge on any atom is 0.255 e. The van der Waals surface area contributed by atoms with Gasteiger partial charge in [-0.3, -0.25) is 14.4 Å². The summed E-state index contributed by atoms with van der Waals surface area (Å²) in [5.74, 6) is -0.370. The first-order valence-corrected chi connectivity index (χ1v) is 10.9. The van der Waals surface area contributed by atoms with Crippen LogP contribution in [0.25, 0.3) is 17.3 Å². The summed E-state index contributed by atoms with van der Waals surface area (Å²) >= 11 is 0. The second kappa shape index (κ2) is 8.17. The van der Waals surface area contributed by atoms with E-state index < -0.39 is 0 Å². The van der Waals surface area contributed by atoms with Crippen LogP contribution in [-0.2, 0) is 0 Å². The molecule has 2 aromatic carbocycles. The molecule has 0 radical (unpaired) electrons. The number of fused-ring (bicyclic) bond motifs is 3. The molecule has 5 heteroatoms. The van der Waals surface area contributed by atoms with E-state index in [1.54, 1.807) is 35.9 Å². The summed E-state index contributed by atoms with van der Waals surface area (Å²) in [4.78, 5) is 17.7. The molecule has 0 fully saturated rings.